The lowest BCUT2D eigenvalue weighted by Crippen LogP contribution is -2.53. The van der Waals surface area contributed by atoms with Gasteiger partial charge in [-0.25, -0.2) is 9.18 Å². The predicted octanol–water partition coefficient (Wildman–Crippen LogP) is 2.65. The Bertz CT molecular complexity index is 757. The van der Waals surface area contributed by atoms with Gasteiger partial charge in [-0.05, 0) is 49.8 Å². The van der Waals surface area contributed by atoms with Gasteiger partial charge in [-0.15, -0.1) is 0 Å². The van der Waals surface area contributed by atoms with E-state index in [0.717, 1.165) is 37.9 Å². The lowest BCUT2D eigenvalue weighted by atomic mass is 9.94. The number of benzene rings is 1. The molecule has 2 saturated heterocycles. The van der Waals surface area contributed by atoms with Gasteiger partial charge >= 0.3 is 6.03 Å². The zero-order valence-corrected chi connectivity index (χ0v) is 18.2. The lowest BCUT2D eigenvalue weighted by molar-refractivity contribution is -0.141. The van der Waals surface area contributed by atoms with E-state index in [1.54, 1.807) is 17.0 Å². The van der Waals surface area contributed by atoms with Gasteiger partial charge in [-0.2, -0.15) is 0 Å². The highest BCUT2D eigenvalue weighted by Gasteiger charge is 2.33. The molecule has 0 radical (unpaired) electrons. The van der Waals surface area contributed by atoms with Gasteiger partial charge in [0.1, 0.15) is 11.9 Å². The molecule has 1 aromatic carbocycles. The SMILES string of the molecule is CCCC(NC(=O)NCc1ccc(F)cc1)C(=O)N1CCC(C(=O)N2CCCC2)CC1. The van der Waals surface area contributed by atoms with Crippen molar-refractivity contribution in [1.82, 2.24) is 20.4 Å². The first-order valence-corrected chi connectivity index (χ1v) is 11.3. The summed E-state index contributed by atoms with van der Waals surface area (Å²) in [6.07, 6.45) is 4.83. The monoisotopic (exact) mass is 432 g/mol. The highest BCUT2D eigenvalue weighted by Crippen LogP contribution is 2.23. The standard InChI is InChI=1S/C23H33FN4O3/c1-2-5-20(26-23(31)25-16-17-6-8-19(24)9-7-17)22(30)28-14-10-18(11-15-28)21(29)27-12-3-4-13-27/h6-9,18,20H,2-5,10-16H2,1H3,(H2,25,26,31). The van der Waals surface area contributed by atoms with Gasteiger partial charge in [0.15, 0.2) is 0 Å². The first kappa shape index (κ1) is 23.0. The molecule has 1 unspecified atom stereocenters. The van der Waals surface area contributed by atoms with Crippen LogP contribution in [-0.4, -0.2) is 59.9 Å². The molecule has 0 aromatic heterocycles. The predicted molar refractivity (Wildman–Crippen MR) is 116 cm³/mol. The second kappa shape index (κ2) is 11.1. The molecule has 3 rings (SSSR count). The third-order valence-corrected chi connectivity index (χ3v) is 6.12. The van der Waals surface area contributed by atoms with E-state index in [1.807, 2.05) is 11.8 Å². The number of urea groups is 1. The molecule has 4 amide bonds. The largest absolute Gasteiger partial charge is 0.342 e. The molecule has 31 heavy (non-hydrogen) atoms. The number of nitrogens with zero attached hydrogens (tertiary/aromatic N) is 2. The third-order valence-electron chi connectivity index (χ3n) is 6.12. The number of amides is 4. The van der Waals surface area contributed by atoms with Crippen LogP contribution in [0.15, 0.2) is 24.3 Å². The molecular formula is C23H33FN4O3. The van der Waals surface area contributed by atoms with Crippen molar-refractivity contribution in [1.29, 1.82) is 0 Å². The number of likely N-dealkylation sites (tertiary alicyclic amines) is 2. The van der Waals surface area contributed by atoms with Crippen molar-refractivity contribution < 1.29 is 18.8 Å². The van der Waals surface area contributed by atoms with Crippen LogP contribution < -0.4 is 10.6 Å². The lowest BCUT2D eigenvalue weighted by Gasteiger charge is -2.35. The molecular weight excluding hydrogens is 399 g/mol. The van der Waals surface area contributed by atoms with E-state index in [1.165, 1.54) is 12.1 Å². The van der Waals surface area contributed by atoms with Gasteiger partial charge in [0, 0.05) is 38.6 Å². The summed E-state index contributed by atoms with van der Waals surface area (Å²) in [6.45, 7) is 5.02. The van der Waals surface area contributed by atoms with Crippen LogP contribution in [-0.2, 0) is 16.1 Å². The van der Waals surface area contributed by atoms with Gasteiger partial charge in [-0.3, -0.25) is 9.59 Å². The highest BCUT2D eigenvalue weighted by molar-refractivity contribution is 5.87. The van der Waals surface area contributed by atoms with Crippen LogP contribution >= 0.6 is 0 Å². The Balaban J connectivity index is 1.47. The van der Waals surface area contributed by atoms with E-state index in [4.69, 9.17) is 0 Å². The molecule has 8 heteroatoms. The van der Waals surface area contributed by atoms with Crippen molar-refractivity contribution >= 4 is 17.8 Å². The fraction of sp³-hybridized carbons (Fsp3) is 0.609. The van der Waals surface area contributed by atoms with Crippen LogP contribution in [0.4, 0.5) is 9.18 Å². The topological polar surface area (TPSA) is 81.8 Å². The molecule has 2 aliphatic heterocycles. The number of rotatable bonds is 7. The minimum Gasteiger partial charge on any atom is -0.342 e. The Morgan fingerprint density at radius 3 is 2.29 bits per heavy atom. The van der Waals surface area contributed by atoms with Crippen molar-refractivity contribution in [2.45, 2.75) is 58.0 Å². The number of nitrogens with one attached hydrogen (secondary N) is 2. The average molecular weight is 433 g/mol. The molecule has 0 bridgehead atoms. The van der Waals surface area contributed by atoms with Gasteiger partial charge in [0.2, 0.25) is 11.8 Å². The normalized spacial score (nSPS) is 18.0. The summed E-state index contributed by atoms with van der Waals surface area (Å²) >= 11 is 0. The summed E-state index contributed by atoms with van der Waals surface area (Å²) in [4.78, 5) is 41.7. The average Bonchev–Trinajstić information content (AvgIpc) is 3.32. The Hall–Kier alpha value is -2.64. The highest BCUT2D eigenvalue weighted by atomic mass is 19.1. The van der Waals surface area contributed by atoms with Gasteiger partial charge in [0.05, 0.1) is 0 Å². The van der Waals surface area contributed by atoms with Crippen molar-refractivity contribution in [2.75, 3.05) is 26.2 Å². The van der Waals surface area contributed by atoms with Crippen molar-refractivity contribution in [3.05, 3.63) is 35.6 Å². The molecule has 0 spiro atoms. The van der Waals surface area contributed by atoms with Crippen LogP contribution in [0.5, 0.6) is 0 Å². The maximum atomic E-state index is 13.0. The fourth-order valence-corrected chi connectivity index (χ4v) is 4.30. The summed E-state index contributed by atoms with van der Waals surface area (Å²) in [7, 11) is 0. The fourth-order valence-electron chi connectivity index (χ4n) is 4.30. The van der Waals surface area contributed by atoms with Gasteiger partial charge < -0.3 is 20.4 Å². The van der Waals surface area contributed by atoms with E-state index in [9.17, 15) is 18.8 Å². The van der Waals surface area contributed by atoms with E-state index >= 15 is 0 Å². The number of hydrogen-bond donors (Lipinski definition) is 2. The molecule has 1 atom stereocenters. The van der Waals surface area contributed by atoms with Crippen LogP contribution in [0, 0.1) is 11.7 Å². The summed E-state index contributed by atoms with van der Waals surface area (Å²) in [6, 6.07) is 4.89. The van der Waals surface area contributed by atoms with Crippen LogP contribution in [0.25, 0.3) is 0 Å². The van der Waals surface area contributed by atoms with E-state index in [0.29, 0.717) is 32.4 Å². The van der Waals surface area contributed by atoms with Crippen molar-refractivity contribution in [3.63, 3.8) is 0 Å². The van der Waals surface area contributed by atoms with Crippen molar-refractivity contribution in [3.8, 4) is 0 Å². The smallest absolute Gasteiger partial charge is 0.315 e. The van der Waals surface area contributed by atoms with Gasteiger partial charge in [-0.1, -0.05) is 25.5 Å². The summed E-state index contributed by atoms with van der Waals surface area (Å²) < 4.78 is 13.0. The zero-order valence-electron chi connectivity index (χ0n) is 18.2. The molecule has 2 heterocycles. The number of piperidine rings is 1. The van der Waals surface area contributed by atoms with E-state index in [-0.39, 0.29) is 30.1 Å². The van der Waals surface area contributed by atoms with Crippen LogP contribution in [0.1, 0.15) is 51.0 Å². The molecule has 2 aliphatic rings. The Kier molecular flexibility index (Phi) is 8.26. The third kappa shape index (κ3) is 6.42. The van der Waals surface area contributed by atoms with Crippen LogP contribution in [0.3, 0.4) is 0 Å². The van der Waals surface area contributed by atoms with E-state index in [2.05, 4.69) is 10.6 Å². The van der Waals surface area contributed by atoms with Crippen molar-refractivity contribution in [2.24, 2.45) is 5.92 Å². The number of carbonyl (C=O) groups excluding carboxylic acids is 3. The Labute approximate surface area is 183 Å². The quantitative estimate of drug-likeness (QED) is 0.695. The molecule has 7 nitrogen and oxygen atoms in total. The number of carbonyl (C=O) groups is 3. The second-order valence-corrected chi connectivity index (χ2v) is 8.43. The molecule has 2 fully saturated rings. The summed E-state index contributed by atoms with van der Waals surface area (Å²) in [5.41, 5.74) is 0.777. The molecule has 1 aromatic rings. The second-order valence-electron chi connectivity index (χ2n) is 8.43. The minimum absolute atomic E-state index is 0.00116. The summed E-state index contributed by atoms with van der Waals surface area (Å²) in [5, 5.41) is 5.51. The van der Waals surface area contributed by atoms with Gasteiger partial charge in [0.25, 0.3) is 0 Å². The number of hydrogen-bond acceptors (Lipinski definition) is 3. The Morgan fingerprint density at radius 2 is 1.68 bits per heavy atom. The molecule has 170 valence electrons. The zero-order chi connectivity index (χ0) is 22.2. The van der Waals surface area contributed by atoms with Crippen LogP contribution in [0.2, 0.25) is 0 Å². The summed E-state index contributed by atoms with van der Waals surface area (Å²) in [5.74, 6) is -0.190. The maximum absolute atomic E-state index is 13.0. The maximum Gasteiger partial charge on any atom is 0.315 e. The molecule has 0 aliphatic carbocycles. The first-order chi connectivity index (χ1) is 15.0. The Morgan fingerprint density at radius 1 is 1.03 bits per heavy atom. The molecule has 0 saturated carbocycles. The van der Waals surface area contributed by atoms with E-state index < -0.39 is 12.1 Å². The number of halogens is 1. The first-order valence-electron chi connectivity index (χ1n) is 11.3. The minimum atomic E-state index is -0.593. The molecule has 2 N–H and O–H groups in total.